The first-order chi connectivity index (χ1) is 18.3. The van der Waals surface area contributed by atoms with Crippen molar-refractivity contribution in [3.63, 3.8) is 0 Å². The fourth-order valence-corrected chi connectivity index (χ4v) is 5.29. The lowest BCUT2D eigenvalue weighted by atomic mass is 9.95. The van der Waals surface area contributed by atoms with Gasteiger partial charge in [-0.3, -0.25) is 14.6 Å². The molecule has 0 saturated heterocycles. The largest absolute Gasteiger partial charge is 0.480 e. The Labute approximate surface area is 232 Å². The molecule has 1 atom stereocenters. The average Bonchev–Trinajstić information content (AvgIpc) is 2.89. The molecule has 1 aromatic heterocycles. The smallest absolute Gasteiger partial charge is 0.326 e. The van der Waals surface area contributed by atoms with Gasteiger partial charge in [-0.25, -0.2) is 4.79 Å². The van der Waals surface area contributed by atoms with Gasteiger partial charge >= 0.3 is 5.97 Å². The lowest BCUT2D eigenvalue weighted by Gasteiger charge is -2.16. The molecule has 0 fully saturated rings. The first-order valence-electron chi connectivity index (χ1n) is 12.8. The Morgan fingerprint density at radius 3 is 2.32 bits per heavy atom. The molecule has 1 aliphatic carbocycles. The van der Waals surface area contributed by atoms with Gasteiger partial charge in [0.05, 0.1) is 15.6 Å². The minimum absolute atomic E-state index is 0.0401. The van der Waals surface area contributed by atoms with Crippen LogP contribution in [0.3, 0.4) is 0 Å². The van der Waals surface area contributed by atoms with Crippen molar-refractivity contribution < 1.29 is 19.5 Å². The van der Waals surface area contributed by atoms with Gasteiger partial charge in [-0.15, -0.1) is 0 Å². The van der Waals surface area contributed by atoms with Gasteiger partial charge in [0.1, 0.15) is 11.8 Å². The molecule has 4 rings (SSSR count). The van der Waals surface area contributed by atoms with Crippen LogP contribution in [-0.2, 0) is 41.7 Å². The van der Waals surface area contributed by atoms with Gasteiger partial charge in [-0.05, 0) is 73.4 Å². The molecule has 6 nitrogen and oxygen atoms in total. The van der Waals surface area contributed by atoms with E-state index in [1.165, 1.54) is 36.2 Å². The summed E-state index contributed by atoms with van der Waals surface area (Å²) in [4.78, 5) is 41.7. The fourth-order valence-electron chi connectivity index (χ4n) is 4.72. The van der Waals surface area contributed by atoms with Crippen LogP contribution in [0, 0.1) is 0 Å². The fraction of sp³-hybridized carbons (Fsp3) is 0.333. The third-order valence-electron chi connectivity index (χ3n) is 6.78. The van der Waals surface area contributed by atoms with Crippen molar-refractivity contribution in [1.29, 1.82) is 0 Å². The Kier molecular flexibility index (Phi) is 9.53. The molecule has 1 heterocycles. The number of nitrogens with zero attached hydrogens (tertiary/aromatic N) is 1. The molecule has 0 radical (unpaired) electrons. The van der Waals surface area contributed by atoms with E-state index in [9.17, 15) is 19.5 Å². The summed E-state index contributed by atoms with van der Waals surface area (Å²) >= 11 is 12.1. The summed E-state index contributed by atoms with van der Waals surface area (Å²) in [5, 5.41) is 12.4. The summed E-state index contributed by atoms with van der Waals surface area (Å²) < 4.78 is 0. The highest BCUT2D eigenvalue weighted by Crippen LogP contribution is 2.24. The number of Topliss-reactive ketones (excluding diaryl/α,β-unsaturated/α-hetero) is 1. The van der Waals surface area contributed by atoms with E-state index in [0.29, 0.717) is 12.8 Å². The first kappa shape index (κ1) is 27.8. The molecule has 2 N–H and O–H groups in total. The molecule has 0 spiro atoms. The zero-order valence-corrected chi connectivity index (χ0v) is 22.5. The number of amides is 1. The van der Waals surface area contributed by atoms with Crippen LogP contribution in [0.15, 0.2) is 54.6 Å². The maximum absolute atomic E-state index is 12.6. The van der Waals surface area contributed by atoms with E-state index in [0.717, 1.165) is 42.5 Å². The minimum Gasteiger partial charge on any atom is -0.480 e. The molecule has 0 bridgehead atoms. The zero-order chi connectivity index (χ0) is 27.1. The number of ketones is 1. The Morgan fingerprint density at radius 1 is 0.921 bits per heavy atom. The maximum Gasteiger partial charge on any atom is 0.326 e. The Hall–Kier alpha value is -3.22. The highest BCUT2D eigenvalue weighted by molar-refractivity contribution is 6.39. The van der Waals surface area contributed by atoms with E-state index in [4.69, 9.17) is 28.2 Å². The summed E-state index contributed by atoms with van der Waals surface area (Å²) in [5.74, 6) is -1.67. The number of nitrogens with one attached hydrogen (secondary N) is 1. The van der Waals surface area contributed by atoms with Crippen LogP contribution < -0.4 is 5.32 Å². The van der Waals surface area contributed by atoms with Gasteiger partial charge in [0, 0.05) is 30.7 Å². The number of pyridine rings is 1. The van der Waals surface area contributed by atoms with Crippen LogP contribution in [0.4, 0.5) is 0 Å². The number of hydrogen-bond donors (Lipinski definition) is 2. The summed E-state index contributed by atoms with van der Waals surface area (Å²) in [6.45, 7) is 0. The summed E-state index contributed by atoms with van der Waals surface area (Å²) in [6.07, 6.45) is 7.03. The second-order valence-electron chi connectivity index (χ2n) is 9.67. The lowest BCUT2D eigenvalue weighted by molar-refractivity contribution is -0.139. The van der Waals surface area contributed by atoms with Crippen molar-refractivity contribution in [2.75, 3.05) is 0 Å². The molecule has 198 valence electrons. The van der Waals surface area contributed by atoms with Crippen molar-refractivity contribution in [3.8, 4) is 0 Å². The second kappa shape index (κ2) is 13.0. The number of hydrogen-bond acceptors (Lipinski definition) is 4. The van der Waals surface area contributed by atoms with Crippen LogP contribution in [0.1, 0.15) is 64.1 Å². The molecular formula is C30H30Cl2N2O4. The standard InChI is InChI=1S/C30H30Cl2N2O4/c31-24-8-4-9-25(32)28(24)29(36)34-27(30(37)38)18-20-13-11-19(12-14-20)17-23(35)7-3-6-22-16-15-21-5-1-2-10-26(21)33-22/h4,8-9,11-16,27H,1-3,5-7,10,17-18H2,(H,34,36)(H,37,38)/t27-/m0/s1. The summed E-state index contributed by atoms with van der Waals surface area (Å²) in [5.41, 5.74) is 5.26. The van der Waals surface area contributed by atoms with Gasteiger partial charge < -0.3 is 10.4 Å². The molecule has 0 unspecified atom stereocenters. The number of fused-ring (bicyclic) bond motifs is 1. The Bertz CT molecular complexity index is 1300. The lowest BCUT2D eigenvalue weighted by Crippen LogP contribution is -2.42. The quantitative estimate of drug-likeness (QED) is 0.312. The second-order valence-corrected chi connectivity index (χ2v) is 10.5. The van der Waals surface area contributed by atoms with Gasteiger partial charge in [-0.1, -0.05) is 59.6 Å². The number of carbonyl (C=O) groups excluding carboxylic acids is 2. The van der Waals surface area contributed by atoms with E-state index in [1.54, 1.807) is 18.2 Å². The highest BCUT2D eigenvalue weighted by Gasteiger charge is 2.24. The van der Waals surface area contributed by atoms with E-state index < -0.39 is 17.9 Å². The predicted molar refractivity (Wildman–Crippen MR) is 148 cm³/mol. The molecule has 1 amide bonds. The number of rotatable bonds is 11. The monoisotopic (exact) mass is 552 g/mol. The normalized spacial score (nSPS) is 13.4. The first-order valence-corrected chi connectivity index (χ1v) is 13.6. The molecular weight excluding hydrogens is 523 g/mol. The highest BCUT2D eigenvalue weighted by atomic mass is 35.5. The van der Waals surface area contributed by atoms with E-state index in [-0.39, 0.29) is 27.8 Å². The van der Waals surface area contributed by atoms with Crippen LogP contribution in [0.5, 0.6) is 0 Å². The Morgan fingerprint density at radius 2 is 1.61 bits per heavy atom. The molecule has 0 saturated carbocycles. The molecule has 38 heavy (non-hydrogen) atoms. The maximum atomic E-state index is 12.6. The molecule has 8 heteroatoms. The van der Waals surface area contributed by atoms with Gasteiger partial charge in [0.25, 0.3) is 5.91 Å². The topological polar surface area (TPSA) is 96.4 Å². The third kappa shape index (κ3) is 7.42. The number of aliphatic carboxylic acids is 1. The third-order valence-corrected chi connectivity index (χ3v) is 7.41. The van der Waals surface area contributed by atoms with E-state index in [1.807, 2.05) is 12.1 Å². The zero-order valence-electron chi connectivity index (χ0n) is 21.0. The van der Waals surface area contributed by atoms with Gasteiger partial charge in [0.15, 0.2) is 0 Å². The number of carboxylic acids is 1. The number of aromatic nitrogens is 1. The Balaban J connectivity index is 1.27. The SMILES string of the molecule is O=C(CCCc1ccc2c(n1)CCCC2)Cc1ccc(C[C@H](NC(=O)c2c(Cl)cccc2Cl)C(=O)O)cc1. The van der Waals surface area contributed by atoms with E-state index >= 15 is 0 Å². The molecule has 0 aliphatic heterocycles. The van der Waals surface area contributed by atoms with Crippen molar-refractivity contribution in [3.05, 3.63) is 98.3 Å². The number of carboxylic acid groups (broad SMARTS) is 1. The molecule has 2 aromatic carbocycles. The van der Waals surface area contributed by atoms with E-state index in [2.05, 4.69) is 17.4 Å². The minimum atomic E-state index is -1.17. The van der Waals surface area contributed by atoms with Crippen molar-refractivity contribution in [2.45, 2.75) is 63.8 Å². The number of aryl methyl sites for hydroxylation is 3. The number of carbonyl (C=O) groups is 3. The van der Waals surface area contributed by atoms with Gasteiger partial charge in [-0.2, -0.15) is 0 Å². The number of halogens is 2. The van der Waals surface area contributed by atoms with Crippen LogP contribution in [0.2, 0.25) is 10.0 Å². The summed E-state index contributed by atoms with van der Waals surface area (Å²) in [6, 6.07) is 15.0. The van der Waals surface area contributed by atoms with Crippen molar-refractivity contribution >= 4 is 40.9 Å². The van der Waals surface area contributed by atoms with Crippen LogP contribution >= 0.6 is 23.2 Å². The molecule has 1 aliphatic rings. The number of benzene rings is 2. The van der Waals surface area contributed by atoms with Crippen LogP contribution in [-0.4, -0.2) is 33.8 Å². The predicted octanol–water partition coefficient (Wildman–Crippen LogP) is 5.83. The van der Waals surface area contributed by atoms with Crippen LogP contribution in [0.25, 0.3) is 0 Å². The average molecular weight is 553 g/mol. The van der Waals surface area contributed by atoms with Gasteiger partial charge in [0.2, 0.25) is 0 Å². The van der Waals surface area contributed by atoms with Crippen molar-refractivity contribution in [1.82, 2.24) is 10.3 Å². The summed E-state index contributed by atoms with van der Waals surface area (Å²) in [7, 11) is 0. The molecule has 3 aromatic rings. The van der Waals surface area contributed by atoms with Crippen molar-refractivity contribution in [2.24, 2.45) is 0 Å².